The Bertz CT molecular complexity index is 138. The molecular weight excluding hydrogens is 124 g/mol. The molecule has 0 unspecified atom stereocenters. The maximum absolute atomic E-state index is 6.79. The Balaban J connectivity index is 3.60. The summed E-state index contributed by atoms with van der Waals surface area (Å²) in [5.41, 5.74) is 0.904. The number of rotatable bonds is 5. The van der Waals surface area contributed by atoms with Crippen LogP contribution in [-0.4, -0.2) is 24.7 Å². The summed E-state index contributed by atoms with van der Waals surface area (Å²) < 4.78 is 0. The molecule has 0 rings (SSSR count). The summed E-state index contributed by atoms with van der Waals surface area (Å²) in [5, 5.41) is 6.79. The third-order valence-corrected chi connectivity index (χ3v) is 1.33. The second-order valence-corrected chi connectivity index (χ2v) is 2.11. The molecule has 2 nitrogen and oxygen atoms in total. The van der Waals surface area contributed by atoms with E-state index in [2.05, 4.69) is 13.2 Å². The summed E-state index contributed by atoms with van der Waals surface area (Å²) in [7, 11) is 1.94. The highest BCUT2D eigenvalue weighted by molar-refractivity contribution is 5.53. The van der Waals surface area contributed by atoms with Crippen LogP contribution in [-0.2, 0) is 0 Å². The molecule has 0 atom stereocenters. The lowest BCUT2D eigenvalue weighted by Gasteiger charge is -2.17. The lowest BCUT2D eigenvalue weighted by Crippen LogP contribution is -2.17. The van der Waals surface area contributed by atoms with Crippen molar-refractivity contribution in [3.63, 3.8) is 0 Å². The predicted molar refractivity (Wildman–Crippen MR) is 45.4 cm³/mol. The van der Waals surface area contributed by atoms with E-state index in [4.69, 9.17) is 5.41 Å². The Kier molecular flexibility index (Phi) is 4.29. The number of likely N-dealkylation sites (N-methyl/N-ethyl adjacent to an activating group) is 1. The lowest BCUT2D eigenvalue weighted by molar-refractivity contribution is 0.447. The Morgan fingerprint density at radius 3 is 2.70 bits per heavy atom. The van der Waals surface area contributed by atoms with E-state index < -0.39 is 0 Å². The van der Waals surface area contributed by atoms with E-state index >= 15 is 0 Å². The second-order valence-electron chi connectivity index (χ2n) is 2.11. The van der Waals surface area contributed by atoms with Crippen LogP contribution in [0.4, 0.5) is 0 Å². The Morgan fingerprint density at radius 2 is 2.30 bits per heavy atom. The van der Waals surface area contributed by atoms with E-state index in [9.17, 15) is 0 Å². The van der Waals surface area contributed by atoms with Crippen molar-refractivity contribution < 1.29 is 0 Å². The number of hydrogen-bond donors (Lipinski definition) is 1. The van der Waals surface area contributed by atoms with Gasteiger partial charge in [0.25, 0.3) is 0 Å². The third-order valence-electron chi connectivity index (χ3n) is 1.33. The predicted octanol–water partition coefficient (Wildman–Crippen LogP) is 1.66. The first kappa shape index (κ1) is 8.95. The first-order valence-corrected chi connectivity index (χ1v) is 3.23. The van der Waals surface area contributed by atoms with Crippen molar-refractivity contribution in [2.75, 3.05) is 13.6 Å². The molecule has 0 aliphatic carbocycles. The van der Waals surface area contributed by atoms with Crippen LogP contribution in [0.3, 0.4) is 0 Å². The van der Waals surface area contributed by atoms with Crippen LogP contribution in [0.5, 0.6) is 0 Å². The largest absolute Gasteiger partial charge is 0.375 e. The van der Waals surface area contributed by atoms with Gasteiger partial charge < -0.3 is 10.3 Å². The molecule has 2 heteroatoms. The fourth-order valence-corrected chi connectivity index (χ4v) is 0.558. The maximum Gasteiger partial charge on any atom is 0.0284 e. The molecule has 1 N–H and O–H groups in total. The fourth-order valence-electron chi connectivity index (χ4n) is 0.558. The highest BCUT2D eigenvalue weighted by atomic mass is 15.1. The van der Waals surface area contributed by atoms with Crippen LogP contribution in [0.15, 0.2) is 24.9 Å². The van der Waals surface area contributed by atoms with Crippen molar-refractivity contribution in [1.82, 2.24) is 4.90 Å². The van der Waals surface area contributed by atoms with Gasteiger partial charge in [0.15, 0.2) is 0 Å². The molecular formula is C8H14N2. The molecule has 0 aromatic heterocycles. The monoisotopic (exact) mass is 138 g/mol. The Morgan fingerprint density at radius 1 is 1.70 bits per heavy atom. The number of allylic oxidation sites excluding steroid dienone is 1. The molecule has 10 heavy (non-hydrogen) atoms. The van der Waals surface area contributed by atoms with Crippen LogP contribution in [0.2, 0.25) is 0 Å². The zero-order valence-corrected chi connectivity index (χ0v) is 6.43. The first-order valence-electron chi connectivity index (χ1n) is 3.23. The molecule has 0 aliphatic heterocycles. The van der Waals surface area contributed by atoms with E-state index in [1.54, 1.807) is 6.08 Å². The van der Waals surface area contributed by atoms with Crippen molar-refractivity contribution >= 4 is 6.21 Å². The summed E-state index contributed by atoms with van der Waals surface area (Å²) in [4.78, 5) is 1.97. The van der Waals surface area contributed by atoms with Gasteiger partial charge in [-0.25, -0.2) is 0 Å². The molecule has 0 spiro atoms. The van der Waals surface area contributed by atoms with Crippen LogP contribution in [0, 0.1) is 5.41 Å². The topological polar surface area (TPSA) is 27.1 Å². The third kappa shape index (κ3) is 3.07. The lowest BCUT2D eigenvalue weighted by atomic mass is 10.3. The van der Waals surface area contributed by atoms with Crippen molar-refractivity contribution in [3.8, 4) is 0 Å². The van der Waals surface area contributed by atoms with E-state index in [1.807, 2.05) is 11.9 Å². The van der Waals surface area contributed by atoms with Gasteiger partial charge in [0.05, 0.1) is 0 Å². The molecule has 0 aromatic carbocycles. The SMILES string of the molecule is C=CC(=C)N(C)CCC=N. The minimum atomic E-state index is 0.767. The van der Waals surface area contributed by atoms with Gasteiger partial charge >= 0.3 is 0 Å². The van der Waals surface area contributed by atoms with Crippen LogP contribution in [0.1, 0.15) is 6.42 Å². The van der Waals surface area contributed by atoms with Crippen molar-refractivity contribution in [2.24, 2.45) is 0 Å². The number of nitrogens with zero attached hydrogens (tertiary/aromatic N) is 1. The molecule has 0 aromatic rings. The van der Waals surface area contributed by atoms with E-state index in [-0.39, 0.29) is 0 Å². The van der Waals surface area contributed by atoms with Crippen LogP contribution >= 0.6 is 0 Å². The molecule has 0 amide bonds. The van der Waals surface area contributed by atoms with Gasteiger partial charge in [0, 0.05) is 19.3 Å². The van der Waals surface area contributed by atoms with Gasteiger partial charge in [-0.3, -0.25) is 0 Å². The van der Waals surface area contributed by atoms with E-state index in [1.165, 1.54) is 6.21 Å². The fraction of sp³-hybridized carbons (Fsp3) is 0.375. The van der Waals surface area contributed by atoms with Crippen LogP contribution < -0.4 is 0 Å². The standard InChI is InChI=1S/C8H14N2/c1-4-8(2)10(3)7-5-6-9/h4,6,9H,1-2,5,7H2,3H3. The van der Waals surface area contributed by atoms with E-state index in [0.717, 1.165) is 18.7 Å². The molecule has 0 saturated carbocycles. The molecule has 0 heterocycles. The zero-order valence-electron chi connectivity index (χ0n) is 6.43. The molecule has 0 bridgehead atoms. The van der Waals surface area contributed by atoms with Gasteiger partial charge in [-0.05, 0) is 18.7 Å². The van der Waals surface area contributed by atoms with Gasteiger partial charge in [0.2, 0.25) is 0 Å². The summed E-state index contributed by atoms with van der Waals surface area (Å²) in [6, 6.07) is 0. The molecule has 56 valence electrons. The second kappa shape index (κ2) is 4.79. The Labute approximate surface area is 62.4 Å². The number of nitrogens with one attached hydrogen (secondary N) is 1. The average molecular weight is 138 g/mol. The highest BCUT2D eigenvalue weighted by Crippen LogP contribution is 1.97. The summed E-state index contributed by atoms with van der Waals surface area (Å²) >= 11 is 0. The minimum Gasteiger partial charge on any atom is -0.375 e. The highest BCUT2D eigenvalue weighted by Gasteiger charge is 1.94. The summed E-state index contributed by atoms with van der Waals surface area (Å²) in [6.45, 7) is 8.19. The molecule has 0 saturated heterocycles. The maximum atomic E-state index is 6.79. The van der Waals surface area contributed by atoms with Crippen molar-refractivity contribution in [1.29, 1.82) is 5.41 Å². The van der Waals surface area contributed by atoms with Gasteiger partial charge in [-0.1, -0.05) is 13.2 Å². The smallest absolute Gasteiger partial charge is 0.0284 e. The normalized spacial score (nSPS) is 8.50. The first-order chi connectivity index (χ1) is 4.72. The minimum absolute atomic E-state index is 0.767. The van der Waals surface area contributed by atoms with Crippen molar-refractivity contribution in [3.05, 3.63) is 24.9 Å². The molecule has 0 fully saturated rings. The Hall–Kier alpha value is -1.05. The van der Waals surface area contributed by atoms with Gasteiger partial charge in [-0.2, -0.15) is 0 Å². The average Bonchev–Trinajstić information content (AvgIpc) is 1.98. The van der Waals surface area contributed by atoms with Crippen LogP contribution in [0.25, 0.3) is 0 Å². The zero-order chi connectivity index (χ0) is 7.98. The van der Waals surface area contributed by atoms with Gasteiger partial charge in [0.1, 0.15) is 0 Å². The van der Waals surface area contributed by atoms with E-state index in [0.29, 0.717) is 0 Å². The quantitative estimate of drug-likeness (QED) is 0.454. The number of hydrogen-bond acceptors (Lipinski definition) is 2. The summed E-state index contributed by atoms with van der Waals surface area (Å²) in [6.07, 6.45) is 3.88. The van der Waals surface area contributed by atoms with Gasteiger partial charge in [-0.15, -0.1) is 0 Å². The van der Waals surface area contributed by atoms with Crippen molar-refractivity contribution in [2.45, 2.75) is 6.42 Å². The molecule has 0 aliphatic rings. The molecule has 0 radical (unpaired) electrons. The summed E-state index contributed by atoms with van der Waals surface area (Å²) in [5.74, 6) is 0.